The first-order valence-corrected chi connectivity index (χ1v) is 9.66. The molecule has 28 heavy (non-hydrogen) atoms. The molecule has 0 saturated heterocycles. The first kappa shape index (κ1) is 20.4. The Balaban J connectivity index is 1.93. The summed E-state index contributed by atoms with van der Waals surface area (Å²) < 4.78 is 25.5. The zero-order valence-electron chi connectivity index (χ0n) is 16.2. The highest BCUT2D eigenvalue weighted by molar-refractivity contribution is 9.10. The monoisotopic (exact) mass is 452 g/mol. The lowest BCUT2D eigenvalue weighted by molar-refractivity contribution is 0.0272. The maximum Gasteiger partial charge on any atom is 0.410 e. The summed E-state index contributed by atoms with van der Waals surface area (Å²) in [5, 5.41) is 0.278. The van der Waals surface area contributed by atoms with Crippen LogP contribution in [0.1, 0.15) is 43.2 Å². The predicted octanol–water partition coefficient (Wildman–Crippen LogP) is 4.88. The van der Waals surface area contributed by atoms with E-state index in [9.17, 15) is 14.0 Å². The number of nitrogens with zero attached hydrogens (tertiary/aromatic N) is 1. The molecule has 0 spiro atoms. The van der Waals surface area contributed by atoms with E-state index in [0.29, 0.717) is 35.2 Å². The van der Waals surface area contributed by atoms with Crippen LogP contribution in [-0.4, -0.2) is 47.7 Å². The van der Waals surface area contributed by atoms with E-state index in [1.165, 1.54) is 13.2 Å². The molecule has 0 saturated carbocycles. The van der Waals surface area contributed by atoms with Crippen LogP contribution >= 0.6 is 15.9 Å². The van der Waals surface area contributed by atoms with Gasteiger partial charge in [-0.2, -0.15) is 0 Å². The molecule has 8 heteroatoms. The molecule has 150 valence electrons. The molecule has 1 aromatic heterocycles. The molecular weight excluding hydrogens is 431 g/mol. The van der Waals surface area contributed by atoms with Crippen LogP contribution in [0.3, 0.4) is 0 Å². The molecule has 2 aromatic rings. The van der Waals surface area contributed by atoms with Gasteiger partial charge in [0.2, 0.25) is 0 Å². The third-order valence-electron chi connectivity index (χ3n) is 4.35. The average molecular weight is 453 g/mol. The van der Waals surface area contributed by atoms with E-state index in [0.717, 1.165) is 5.57 Å². The van der Waals surface area contributed by atoms with Crippen LogP contribution in [0.5, 0.6) is 0 Å². The molecular formula is C20H22BrFN2O4. The lowest BCUT2D eigenvalue weighted by atomic mass is 10.1. The van der Waals surface area contributed by atoms with Gasteiger partial charge >= 0.3 is 12.1 Å². The number of methoxy groups -OCH3 is 1. The topological polar surface area (TPSA) is 71.6 Å². The molecule has 3 rings (SSSR count). The fourth-order valence-electron chi connectivity index (χ4n) is 3.08. The first-order valence-electron chi connectivity index (χ1n) is 8.87. The minimum atomic E-state index is -0.740. The number of benzene rings is 1. The van der Waals surface area contributed by atoms with Gasteiger partial charge in [-0.1, -0.05) is 6.08 Å². The summed E-state index contributed by atoms with van der Waals surface area (Å²) in [5.41, 5.74) is 1.37. The quantitative estimate of drug-likeness (QED) is 0.658. The highest BCUT2D eigenvalue weighted by Gasteiger charge is 2.26. The Bertz CT molecular complexity index is 975. The van der Waals surface area contributed by atoms with E-state index < -0.39 is 17.4 Å². The molecule has 0 bridgehead atoms. The van der Waals surface area contributed by atoms with Crippen molar-refractivity contribution >= 4 is 44.5 Å². The summed E-state index contributed by atoms with van der Waals surface area (Å²) in [5.74, 6) is -1.39. The molecule has 0 fully saturated rings. The number of nitrogens with one attached hydrogen (secondary N) is 1. The number of ether oxygens (including phenoxy) is 2. The SMILES string of the molecule is COC(=O)c1cc(Br)c2[nH]c(C3=CCCN(C(=O)OC(C)(C)C)C3)cc2c1F. The van der Waals surface area contributed by atoms with Crippen molar-refractivity contribution in [3.8, 4) is 0 Å². The molecule has 0 radical (unpaired) electrons. The zero-order valence-corrected chi connectivity index (χ0v) is 17.8. The van der Waals surface area contributed by atoms with Crippen molar-refractivity contribution in [2.75, 3.05) is 20.2 Å². The van der Waals surface area contributed by atoms with Crippen LogP contribution in [-0.2, 0) is 9.47 Å². The predicted molar refractivity (Wildman–Crippen MR) is 108 cm³/mol. The van der Waals surface area contributed by atoms with Crippen molar-refractivity contribution < 1.29 is 23.5 Å². The highest BCUT2D eigenvalue weighted by atomic mass is 79.9. The Morgan fingerprint density at radius 1 is 1.29 bits per heavy atom. The number of H-pyrrole nitrogens is 1. The fourth-order valence-corrected chi connectivity index (χ4v) is 3.62. The number of esters is 1. The summed E-state index contributed by atoms with van der Waals surface area (Å²) in [6.07, 6.45) is 2.30. The summed E-state index contributed by atoms with van der Waals surface area (Å²) in [7, 11) is 1.21. The minimum Gasteiger partial charge on any atom is -0.465 e. The van der Waals surface area contributed by atoms with Crippen molar-refractivity contribution in [3.05, 3.63) is 39.8 Å². The Morgan fingerprint density at radius 3 is 2.64 bits per heavy atom. The Hall–Kier alpha value is -2.35. The number of carbonyl (C=O) groups is 2. The average Bonchev–Trinajstić information content (AvgIpc) is 3.09. The van der Waals surface area contributed by atoms with Gasteiger partial charge < -0.3 is 19.4 Å². The molecule has 0 unspecified atom stereocenters. The maximum atomic E-state index is 14.8. The van der Waals surface area contributed by atoms with Crippen LogP contribution in [0, 0.1) is 5.82 Å². The molecule has 1 aliphatic heterocycles. The lowest BCUT2D eigenvalue weighted by Gasteiger charge is -2.30. The molecule has 6 nitrogen and oxygen atoms in total. The van der Waals surface area contributed by atoms with Gasteiger partial charge in [-0.05, 0) is 60.8 Å². The van der Waals surface area contributed by atoms with Crippen molar-refractivity contribution in [3.63, 3.8) is 0 Å². The van der Waals surface area contributed by atoms with Gasteiger partial charge in [0, 0.05) is 22.1 Å². The van der Waals surface area contributed by atoms with Crippen LogP contribution < -0.4 is 0 Å². The van der Waals surface area contributed by atoms with E-state index in [1.807, 2.05) is 26.8 Å². The fraction of sp³-hybridized carbons (Fsp3) is 0.400. The van der Waals surface area contributed by atoms with Gasteiger partial charge in [-0.25, -0.2) is 14.0 Å². The molecule has 1 aromatic carbocycles. The minimum absolute atomic E-state index is 0.138. The summed E-state index contributed by atoms with van der Waals surface area (Å²) >= 11 is 3.38. The van der Waals surface area contributed by atoms with Crippen LogP contribution in [0.4, 0.5) is 9.18 Å². The van der Waals surface area contributed by atoms with E-state index in [-0.39, 0.29) is 17.0 Å². The third kappa shape index (κ3) is 4.06. The summed E-state index contributed by atoms with van der Waals surface area (Å²) in [4.78, 5) is 29.0. The van der Waals surface area contributed by atoms with Gasteiger partial charge in [0.25, 0.3) is 0 Å². The van der Waals surface area contributed by atoms with Gasteiger partial charge in [0.1, 0.15) is 11.4 Å². The number of aromatic amines is 1. The normalized spacial score (nSPS) is 14.8. The standard InChI is InChI=1S/C20H22BrFN2O4/c1-20(2,3)28-19(26)24-7-5-6-11(10-24)15-9-12-16(22)13(18(25)27-4)8-14(21)17(12)23-15/h6,8-9,23H,5,7,10H2,1-4H3. The Morgan fingerprint density at radius 2 is 2.00 bits per heavy atom. The van der Waals surface area contributed by atoms with Crippen molar-refractivity contribution in [1.29, 1.82) is 0 Å². The van der Waals surface area contributed by atoms with E-state index in [2.05, 4.69) is 25.7 Å². The third-order valence-corrected chi connectivity index (χ3v) is 4.98. The summed E-state index contributed by atoms with van der Waals surface area (Å²) in [6, 6.07) is 3.04. The maximum absolute atomic E-state index is 14.8. The molecule has 1 N–H and O–H groups in total. The van der Waals surface area contributed by atoms with E-state index in [1.54, 1.807) is 11.0 Å². The highest BCUT2D eigenvalue weighted by Crippen LogP contribution is 2.33. The van der Waals surface area contributed by atoms with Gasteiger partial charge in [0.05, 0.1) is 24.7 Å². The number of halogens is 2. The smallest absolute Gasteiger partial charge is 0.410 e. The van der Waals surface area contributed by atoms with Crippen LogP contribution in [0.25, 0.3) is 16.5 Å². The number of amides is 1. The van der Waals surface area contributed by atoms with Crippen LogP contribution in [0.15, 0.2) is 22.7 Å². The Kier molecular flexibility index (Phi) is 5.52. The second-order valence-corrected chi connectivity index (χ2v) is 8.46. The first-order chi connectivity index (χ1) is 13.1. The molecule has 0 atom stereocenters. The molecule has 1 aliphatic rings. The second-order valence-electron chi connectivity index (χ2n) is 7.60. The lowest BCUT2D eigenvalue weighted by Crippen LogP contribution is -2.39. The van der Waals surface area contributed by atoms with E-state index >= 15 is 0 Å². The molecule has 0 aliphatic carbocycles. The largest absolute Gasteiger partial charge is 0.465 e. The van der Waals surface area contributed by atoms with Crippen LogP contribution in [0.2, 0.25) is 0 Å². The van der Waals surface area contributed by atoms with Crippen molar-refractivity contribution in [2.45, 2.75) is 32.8 Å². The Labute approximate surface area is 170 Å². The van der Waals surface area contributed by atoms with Gasteiger partial charge in [-0.15, -0.1) is 0 Å². The number of hydrogen-bond donors (Lipinski definition) is 1. The zero-order chi connectivity index (χ0) is 20.6. The molecule has 1 amide bonds. The van der Waals surface area contributed by atoms with Gasteiger partial charge in [-0.3, -0.25) is 0 Å². The number of fused-ring (bicyclic) bond motifs is 1. The number of carbonyl (C=O) groups excluding carboxylic acids is 2. The van der Waals surface area contributed by atoms with Crippen molar-refractivity contribution in [2.24, 2.45) is 0 Å². The molecule has 2 heterocycles. The second kappa shape index (κ2) is 7.58. The number of rotatable bonds is 2. The number of hydrogen-bond acceptors (Lipinski definition) is 4. The van der Waals surface area contributed by atoms with E-state index in [4.69, 9.17) is 4.74 Å². The number of aromatic nitrogens is 1. The van der Waals surface area contributed by atoms with Crippen molar-refractivity contribution in [1.82, 2.24) is 9.88 Å². The van der Waals surface area contributed by atoms with Gasteiger partial charge in [0.15, 0.2) is 0 Å². The summed E-state index contributed by atoms with van der Waals surface area (Å²) in [6.45, 7) is 6.38.